The molecule has 0 spiro atoms. The summed E-state index contributed by atoms with van der Waals surface area (Å²) in [6, 6.07) is 68.5. The second kappa shape index (κ2) is 60.3. The van der Waals surface area contributed by atoms with Crippen molar-refractivity contribution in [2.24, 2.45) is 11.5 Å². The van der Waals surface area contributed by atoms with Gasteiger partial charge in [-0.2, -0.15) is 0 Å². The lowest BCUT2D eigenvalue weighted by molar-refractivity contribution is 0.00691. The van der Waals surface area contributed by atoms with Crippen LogP contribution in [0.4, 0.5) is 0 Å². The first-order valence-electron chi connectivity index (χ1n) is 41.0. The number of aliphatic hydroxyl groups excluding tert-OH is 6. The Morgan fingerprint density at radius 3 is 0.701 bits per heavy atom. The Morgan fingerprint density at radius 2 is 0.530 bits per heavy atom. The number of epoxide rings is 1. The van der Waals surface area contributed by atoms with Crippen molar-refractivity contribution in [2.75, 3.05) is 98.7 Å². The van der Waals surface area contributed by atoms with E-state index in [9.17, 15) is 10.2 Å². The molecule has 5 heterocycles. The van der Waals surface area contributed by atoms with E-state index in [2.05, 4.69) is 253 Å². The van der Waals surface area contributed by atoms with Gasteiger partial charge in [0.25, 0.3) is 0 Å². The second-order valence-electron chi connectivity index (χ2n) is 31.2. The van der Waals surface area contributed by atoms with Crippen molar-refractivity contribution in [3.8, 4) is 0 Å². The van der Waals surface area contributed by atoms with Gasteiger partial charge in [0, 0.05) is 87.6 Å². The molecule has 0 aliphatic carbocycles. The molecule has 19 nitrogen and oxygen atoms in total. The molecule has 16 N–H and O–H groups in total. The maximum absolute atomic E-state index is 9.81. The predicted molar refractivity (Wildman–Crippen MR) is 487 cm³/mol. The third kappa shape index (κ3) is 46.2. The van der Waals surface area contributed by atoms with E-state index in [0.717, 1.165) is 70.3 Å². The molecule has 15 atom stereocenters. The van der Waals surface area contributed by atoms with E-state index in [0.29, 0.717) is 43.4 Å². The maximum atomic E-state index is 9.81. The van der Waals surface area contributed by atoms with Crippen LogP contribution in [-0.2, 0) is 23.7 Å². The van der Waals surface area contributed by atoms with E-state index in [1.165, 1.54) is 77.9 Å². The summed E-state index contributed by atoms with van der Waals surface area (Å²) in [5.41, 5.74) is 29.6. The fourth-order valence-electron chi connectivity index (χ4n) is 11.0. The van der Waals surface area contributed by atoms with Gasteiger partial charge in [0.2, 0.25) is 0 Å². The molecule has 650 valence electrons. The molecule has 5 fully saturated rings. The molecule has 8 aromatic rings. The summed E-state index contributed by atoms with van der Waals surface area (Å²) in [4.78, 5) is 0. The highest BCUT2D eigenvalue weighted by atomic mass is 16.6. The Hall–Kier alpha value is -7.26. The molecule has 6 unspecified atom stereocenters. The van der Waals surface area contributed by atoms with Crippen LogP contribution in [0.5, 0.6) is 0 Å². The second-order valence-corrected chi connectivity index (χ2v) is 31.2. The third-order valence-corrected chi connectivity index (χ3v) is 19.1. The largest absolute Gasteiger partial charge is 0.395 e. The molecule has 5 aliphatic heterocycles. The van der Waals surface area contributed by atoms with Crippen molar-refractivity contribution in [1.29, 1.82) is 0 Å². The zero-order chi connectivity index (χ0) is 84.6. The Labute approximate surface area is 705 Å². The molecule has 0 bridgehead atoms. The monoisotopic (exact) mass is 1620 g/mol. The first-order chi connectivity index (χ1) is 55.0. The molecule has 0 saturated carbocycles. The van der Waals surface area contributed by atoms with Crippen molar-refractivity contribution < 1.29 is 54.3 Å². The van der Waals surface area contributed by atoms with Gasteiger partial charge in [0.1, 0.15) is 6.10 Å². The quantitative estimate of drug-likeness (QED) is 0.0355. The number of rotatable bonds is 18. The van der Waals surface area contributed by atoms with E-state index >= 15 is 0 Å². The highest BCUT2D eigenvalue weighted by Crippen LogP contribution is 2.30. The number of aliphatic hydroxyl groups is 6. The van der Waals surface area contributed by atoms with Crippen LogP contribution in [0.25, 0.3) is 6.08 Å². The van der Waals surface area contributed by atoms with Crippen LogP contribution < -0.4 is 43.4 Å². The van der Waals surface area contributed by atoms with Gasteiger partial charge in [0.05, 0.1) is 96.1 Å². The SMILES string of the molecule is C.C.C=Cc1ccc(C)cc1.C[C@@H](N)CO.C[C@H](N)CO.Cc1ccc(C(O)CN[C@@H](C)CO)cc1.Cc1ccc(C(O)CN[C@H](C)CO)cc1.Cc1ccc(C2CN[C@@H](C)CO2)cc1.Cc1ccc(C2CN[C@H](C)CO2)cc1.Cc1ccc(C2CN[C@H](C)CO2)cc1.Cc1ccc(C2CO2)cc1.Cc1ccc([C@@H]2CN[C@@H](C)CO2)cc1. The van der Waals surface area contributed by atoms with Crippen LogP contribution in [-0.4, -0.2) is 178 Å². The molecular formula is C98H152N8O11. The van der Waals surface area contributed by atoms with Crippen molar-refractivity contribution in [2.45, 2.75) is 217 Å². The third-order valence-electron chi connectivity index (χ3n) is 19.1. The topological polar surface area (TPSA) is 295 Å². The summed E-state index contributed by atoms with van der Waals surface area (Å²) < 4.78 is 28.1. The van der Waals surface area contributed by atoms with Crippen LogP contribution in [0, 0.1) is 55.4 Å². The first kappa shape index (κ1) is 106. The average Bonchev–Trinajstić information content (AvgIpc) is 1.60. The predicted octanol–water partition coefficient (Wildman–Crippen LogP) is 14.8. The van der Waals surface area contributed by atoms with Crippen LogP contribution in [0.15, 0.2) is 201 Å². The number of nitrogens with one attached hydrogen (secondary N) is 6. The van der Waals surface area contributed by atoms with E-state index in [-0.39, 0.29) is 89.9 Å². The molecule has 5 saturated heterocycles. The van der Waals surface area contributed by atoms with Crippen LogP contribution in [0.1, 0.15) is 202 Å². The Balaban J connectivity index is 0.000000446. The summed E-state index contributed by atoms with van der Waals surface area (Å²) in [5, 5.41) is 73.1. The number of benzene rings is 8. The van der Waals surface area contributed by atoms with E-state index < -0.39 is 12.2 Å². The molecule has 13 rings (SSSR count). The van der Waals surface area contributed by atoms with Crippen molar-refractivity contribution in [3.63, 3.8) is 0 Å². The summed E-state index contributed by atoms with van der Waals surface area (Å²) in [6.07, 6.45) is 2.14. The number of morpholine rings is 4. The Morgan fingerprint density at radius 1 is 0.342 bits per heavy atom. The van der Waals surface area contributed by atoms with Gasteiger partial charge in [-0.3, -0.25) is 0 Å². The molecule has 0 radical (unpaired) electrons. The van der Waals surface area contributed by atoms with Gasteiger partial charge in [-0.15, -0.1) is 0 Å². The molecule has 8 aromatic carbocycles. The van der Waals surface area contributed by atoms with E-state index in [1.54, 1.807) is 13.8 Å². The lowest BCUT2D eigenvalue weighted by Gasteiger charge is -2.28. The number of hydrogen-bond donors (Lipinski definition) is 14. The lowest BCUT2D eigenvalue weighted by atomic mass is 10.1. The summed E-state index contributed by atoms with van der Waals surface area (Å²) >= 11 is 0. The first-order valence-corrected chi connectivity index (χ1v) is 41.0. The van der Waals surface area contributed by atoms with Gasteiger partial charge in [-0.1, -0.05) is 266 Å². The van der Waals surface area contributed by atoms with Crippen molar-refractivity contribution in [3.05, 3.63) is 290 Å². The van der Waals surface area contributed by atoms with Gasteiger partial charge in [0.15, 0.2) is 0 Å². The molecule has 5 aliphatic rings. The fraction of sp³-hybridized carbons (Fsp3) is 0.490. The van der Waals surface area contributed by atoms with Gasteiger partial charge < -0.3 is 97.7 Å². The number of ether oxygens (including phenoxy) is 5. The smallest absolute Gasteiger partial charge is 0.106 e. The van der Waals surface area contributed by atoms with Crippen LogP contribution in [0.3, 0.4) is 0 Å². The lowest BCUT2D eigenvalue weighted by Crippen LogP contribution is -2.40. The summed E-state index contributed by atoms with van der Waals surface area (Å²) in [6.45, 7) is 45.2. The van der Waals surface area contributed by atoms with Crippen LogP contribution in [0.2, 0.25) is 0 Å². The Kier molecular flexibility index (Phi) is 54.5. The standard InChI is InChI=1S/2C12H19NO2.4C12H17NO.C9H10O.C9H10.2C3H9NO.2CH4/c2*1-9-3-5-11(6-4-9)12(15)7-13-10(2)8-14;4*1-9-3-5-11(6-4-9)12-7-13-10(2)8-14-12;1-7-2-4-8(5-3-7)9-6-10-9;1-3-9-6-4-8(2)5-7-9;2*1-3(4)2-5;;/h2*3-6,10,12-15H,7-8H2,1-2H3;4*3-6,10,12-13H,7-8H2,1-2H3;2-5,9H,6H2,1H3;3-7H,1H2,2H3;2*3,5H,2,4H2,1H3;2*1H4/t5*10-,12?;10-,12-;;;2*3-;;/m101100..10../s1. The fourth-order valence-corrected chi connectivity index (χ4v) is 11.0. The van der Waals surface area contributed by atoms with Crippen molar-refractivity contribution >= 4 is 6.08 Å². The zero-order valence-corrected chi connectivity index (χ0v) is 71.9. The zero-order valence-electron chi connectivity index (χ0n) is 71.9. The van der Waals surface area contributed by atoms with E-state index in [4.69, 9.17) is 55.6 Å². The molecule has 0 amide bonds. The highest BCUT2D eigenvalue weighted by Gasteiger charge is 2.25. The summed E-state index contributed by atoms with van der Waals surface area (Å²) in [7, 11) is 0. The Bertz CT molecular complexity index is 3410. The molecule has 0 aromatic heterocycles. The highest BCUT2D eigenvalue weighted by molar-refractivity contribution is 5.47. The molecule has 117 heavy (non-hydrogen) atoms. The molecular weight excluding hydrogens is 1470 g/mol. The normalized spacial score (nSPS) is 20.9. The number of aryl methyl sites for hydroxylation is 8. The van der Waals surface area contributed by atoms with Crippen molar-refractivity contribution in [1.82, 2.24) is 31.9 Å². The van der Waals surface area contributed by atoms with Crippen LogP contribution >= 0.6 is 0 Å². The van der Waals surface area contributed by atoms with Gasteiger partial charge >= 0.3 is 0 Å². The minimum absolute atomic E-state index is 0. The van der Waals surface area contributed by atoms with Gasteiger partial charge in [-0.25, -0.2) is 0 Å². The summed E-state index contributed by atoms with van der Waals surface area (Å²) in [5.74, 6) is 0. The minimum atomic E-state index is -0.514. The maximum Gasteiger partial charge on any atom is 0.106 e. The van der Waals surface area contributed by atoms with E-state index in [1.807, 2.05) is 82.3 Å². The van der Waals surface area contributed by atoms with Gasteiger partial charge in [-0.05, 0) is 155 Å². The minimum Gasteiger partial charge on any atom is -0.395 e. The molecule has 19 heteroatoms. The average molecular weight is 1620 g/mol. The number of hydrogen-bond acceptors (Lipinski definition) is 19. The number of nitrogens with two attached hydrogens (primary N) is 2.